The molecule has 3 aromatic rings. The van der Waals surface area contributed by atoms with Crippen molar-refractivity contribution in [3.63, 3.8) is 0 Å². The third kappa shape index (κ3) is 4.25. The van der Waals surface area contributed by atoms with Gasteiger partial charge in [0.1, 0.15) is 17.3 Å². The number of alkyl halides is 3. The van der Waals surface area contributed by atoms with Gasteiger partial charge in [0.2, 0.25) is 0 Å². The Hall–Kier alpha value is -2.83. The molecule has 0 aliphatic carbocycles. The highest BCUT2D eigenvalue weighted by molar-refractivity contribution is 7.86. The summed E-state index contributed by atoms with van der Waals surface area (Å²) in [5.41, 5.74) is -1.54. The highest BCUT2D eigenvalue weighted by atomic mass is 32.2. The second kappa shape index (κ2) is 7.64. The van der Waals surface area contributed by atoms with Crippen LogP contribution < -0.4 is 10.5 Å². The molecule has 1 aromatic heterocycles. The normalized spacial score (nSPS) is 16.7. The van der Waals surface area contributed by atoms with Gasteiger partial charge in [0.15, 0.2) is 0 Å². The van der Waals surface area contributed by atoms with Crippen molar-refractivity contribution in [2.45, 2.75) is 11.6 Å². The maximum atomic E-state index is 13.8. The molecule has 1 aliphatic heterocycles. The maximum Gasteiger partial charge on any atom is 0.433 e. The summed E-state index contributed by atoms with van der Waals surface area (Å²) in [6.45, 7) is -0.139. The van der Waals surface area contributed by atoms with Gasteiger partial charge in [-0.2, -0.15) is 25.9 Å². The van der Waals surface area contributed by atoms with Crippen molar-refractivity contribution in [2.75, 3.05) is 25.0 Å². The molecule has 0 atom stereocenters. The van der Waals surface area contributed by atoms with Gasteiger partial charge in [-0.05, 0) is 42.0 Å². The number of hydrogen-bond donors (Lipinski definition) is 2. The van der Waals surface area contributed by atoms with Gasteiger partial charge in [-0.25, -0.2) is 18.9 Å². The Balaban J connectivity index is 1.72. The van der Waals surface area contributed by atoms with E-state index in [-0.39, 0.29) is 36.2 Å². The van der Waals surface area contributed by atoms with Crippen molar-refractivity contribution in [3.8, 4) is 0 Å². The number of nitrogens with one attached hydrogen (secondary N) is 1. The lowest BCUT2D eigenvalue weighted by molar-refractivity contribution is -0.140. The van der Waals surface area contributed by atoms with Crippen molar-refractivity contribution >= 4 is 26.8 Å². The SMILES string of the molecule is NS(=O)(=O)N1CC(CNc2cc(C(F)(F)F)nc3ccc(F)cc23)(c2ccc(F)cc2)C1. The molecular formula is C20H17F5N4O2S. The number of benzene rings is 2. The summed E-state index contributed by atoms with van der Waals surface area (Å²) in [6, 6.07) is 9.35. The molecule has 12 heteroatoms. The number of nitrogens with zero attached hydrogens (tertiary/aromatic N) is 2. The number of anilines is 1. The standard InChI is InChI=1S/C20H17F5N4O2S/c21-13-3-1-12(2-4-13)19(10-29(11-19)32(26,30)31)9-27-17-8-18(20(23,24)25)28-16-6-5-14(22)7-15(16)17/h1-8H,9-11H2,(H,27,28)(H2,26,30,31). The van der Waals surface area contributed by atoms with Crippen molar-refractivity contribution in [3.05, 3.63) is 71.4 Å². The van der Waals surface area contributed by atoms with Gasteiger partial charge in [0.25, 0.3) is 10.2 Å². The van der Waals surface area contributed by atoms with Crippen LogP contribution in [0.2, 0.25) is 0 Å². The summed E-state index contributed by atoms with van der Waals surface area (Å²) in [5, 5.41) is 8.20. The molecule has 3 N–H and O–H groups in total. The van der Waals surface area contributed by atoms with Crippen LogP contribution in [0.1, 0.15) is 11.3 Å². The van der Waals surface area contributed by atoms with E-state index in [4.69, 9.17) is 5.14 Å². The highest BCUT2D eigenvalue weighted by Gasteiger charge is 2.48. The van der Waals surface area contributed by atoms with Crippen molar-refractivity contribution in [1.29, 1.82) is 0 Å². The molecule has 32 heavy (non-hydrogen) atoms. The van der Waals surface area contributed by atoms with Gasteiger partial charge in [-0.3, -0.25) is 0 Å². The van der Waals surface area contributed by atoms with E-state index in [0.717, 1.165) is 28.6 Å². The summed E-state index contributed by atoms with van der Waals surface area (Å²) < 4.78 is 91.5. The average molecular weight is 472 g/mol. The van der Waals surface area contributed by atoms with E-state index in [1.165, 1.54) is 24.3 Å². The van der Waals surface area contributed by atoms with E-state index >= 15 is 0 Å². The molecule has 0 saturated carbocycles. The van der Waals surface area contributed by atoms with Crippen LogP contribution in [-0.2, 0) is 21.8 Å². The fourth-order valence-corrected chi connectivity index (χ4v) is 4.62. The van der Waals surface area contributed by atoms with Crippen molar-refractivity contribution < 1.29 is 30.4 Å². The van der Waals surface area contributed by atoms with Crippen LogP contribution in [-0.4, -0.2) is 37.3 Å². The lowest BCUT2D eigenvalue weighted by Gasteiger charge is -2.49. The number of fused-ring (bicyclic) bond motifs is 1. The number of hydrogen-bond acceptors (Lipinski definition) is 4. The number of aromatic nitrogens is 1. The first-order valence-electron chi connectivity index (χ1n) is 9.33. The minimum Gasteiger partial charge on any atom is -0.383 e. The molecule has 1 saturated heterocycles. The van der Waals surface area contributed by atoms with Crippen molar-refractivity contribution in [1.82, 2.24) is 9.29 Å². The molecular weight excluding hydrogens is 455 g/mol. The van der Waals surface area contributed by atoms with Crippen LogP contribution in [0.5, 0.6) is 0 Å². The van der Waals surface area contributed by atoms with Gasteiger partial charge in [-0.15, -0.1) is 0 Å². The Kier molecular flexibility index (Phi) is 5.34. The lowest BCUT2D eigenvalue weighted by atomic mass is 9.75. The summed E-state index contributed by atoms with van der Waals surface area (Å²) in [7, 11) is -3.98. The molecule has 1 fully saturated rings. The van der Waals surface area contributed by atoms with Gasteiger partial charge in [0.05, 0.1) is 5.52 Å². The van der Waals surface area contributed by atoms with Gasteiger partial charge >= 0.3 is 6.18 Å². The monoisotopic (exact) mass is 472 g/mol. The third-order valence-corrected chi connectivity index (χ3v) is 6.43. The van der Waals surface area contributed by atoms with Gasteiger partial charge < -0.3 is 5.32 Å². The number of nitrogens with two attached hydrogens (primary N) is 1. The van der Waals surface area contributed by atoms with Gasteiger partial charge in [0, 0.05) is 36.1 Å². The largest absolute Gasteiger partial charge is 0.433 e. The second-order valence-corrected chi connectivity index (χ2v) is 9.21. The maximum absolute atomic E-state index is 13.8. The Bertz CT molecular complexity index is 1270. The molecule has 170 valence electrons. The fraction of sp³-hybridized carbons (Fsp3) is 0.250. The zero-order valence-corrected chi connectivity index (χ0v) is 17.1. The second-order valence-electron chi connectivity index (χ2n) is 7.67. The lowest BCUT2D eigenvalue weighted by Crippen LogP contribution is -2.65. The molecule has 0 amide bonds. The van der Waals surface area contributed by atoms with E-state index in [1.807, 2.05) is 0 Å². The van der Waals surface area contributed by atoms with E-state index in [0.29, 0.717) is 5.56 Å². The van der Waals surface area contributed by atoms with E-state index in [9.17, 15) is 30.4 Å². The Morgan fingerprint density at radius 2 is 1.66 bits per heavy atom. The van der Waals surface area contributed by atoms with Crippen LogP contribution >= 0.6 is 0 Å². The number of halogens is 5. The molecule has 0 bridgehead atoms. The van der Waals surface area contributed by atoms with Crippen LogP contribution in [0.15, 0.2) is 48.5 Å². The molecule has 0 spiro atoms. The first-order chi connectivity index (χ1) is 14.9. The van der Waals surface area contributed by atoms with Crippen LogP contribution in [0.25, 0.3) is 10.9 Å². The summed E-state index contributed by atoms with van der Waals surface area (Å²) in [6.07, 6.45) is -4.73. The molecule has 0 unspecified atom stereocenters. The quantitative estimate of drug-likeness (QED) is 0.558. The zero-order chi connectivity index (χ0) is 23.3. The summed E-state index contributed by atoms with van der Waals surface area (Å²) in [4.78, 5) is 3.56. The molecule has 2 heterocycles. The topological polar surface area (TPSA) is 88.3 Å². The summed E-state index contributed by atoms with van der Waals surface area (Å²) in [5.74, 6) is -1.15. The Morgan fingerprint density at radius 1 is 1.03 bits per heavy atom. The first-order valence-corrected chi connectivity index (χ1v) is 10.8. The first kappa shape index (κ1) is 22.4. The predicted molar refractivity (Wildman–Crippen MR) is 108 cm³/mol. The Morgan fingerprint density at radius 3 is 2.25 bits per heavy atom. The molecule has 2 aromatic carbocycles. The minimum absolute atomic E-state index is 0.0163. The van der Waals surface area contributed by atoms with Crippen molar-refractivity contribution in [2.24, 2.45) is 5.14 Å². The van der Waals surface area contributed by atoms with E-state index in [1.54, 1.807) is 0 Å². The van der Waals surface area contributed by atoms with Crippen LogP contribution in [0.4, 0.5) is 27.6 Å². The third-order valence-electron chi connectivity index (χ3n) is 5.45. The summed E-state index contributed by atoms with van der Waals surface area (Å²) >= 11 is 0. The fourth-order valence-electron chi connectivity index (χ4n) is 3.76. The Labute approximate surface area is 180 Å². The number of rotatable bonds is 5. The van der Waals surface area contributed by atoms with Crippen LogP contribution in [0, 0.1) is 11.6 Å². The molecule has 4 rings (SSSR count). The molecule has 6 nitrogen and oxygen atoms in total. The smallest absolute Gasteiger partial charge is 0.383 e. The highest BCUT2D eigenvalue weighted by Crippen LogP contribution is 2.38. The predicted octanol–water partition coefficient (Wildman–Crippen LogP) is 3.40. The molecule has 0 radical (unpaired) electrons. The molecule has 1 aliphatic rings. The van der Waals surface area contributed by atoms with E-state index in [2.05, 4.69) is 10.3 Å². The minimum atomic E-state index is -4.73. The van der Waals surface area contributed by atoms with Crippen LogP contribution in [0.3, 0.4) is 0 Å². The van der Waals surface area contributed by atoms with Gasteiger partial charge in [-0.1, -0.05) is 12.1 Å². The zero-order valence-electron chi connectivity index (χ0n) is 16.3. The average Bonchev–Trinajstić information content (AvgIpc) is 2.66. The van der Waals surface area contributed by atoms with E-state index < -0.39 is 39.1 Å². The number of pyridine rings is 1.